The largest absolute Gasteiger partial charge is 0.478 e. The fraction of sp³-hybridized carbons (Fsp3) is 0.214. The lowest BCUT2D eigenvalue weighted by atomic mass is 10.1. The van der Waals surface area contributed by atoms with Crippen LogP contribution in [-0.2, 0) is 4.79 Å². The number of hydrogen-bond acceptors (Lipinski definition) is 4. The number of carboxylic acids is 1. The second kappa shape index (κ2) is 6.51. The molecule has 0 unspecified atom stereocenters. The van der Waals surface area contributed by atoms with Crippen molar-refractivity contribution in [2.75, 3.05) is 18.5 Å². The molecule has 0 aromatic heterocycles. The van der Waals surface area contributed by atoms with Crippen LogP contribution in [0.2, 0.25) is 0 Å². The minimum absolute atomic E-state index is 0.0810. The molecular formula is C14H16N2O4. The highest BCUT2D eigenvalue weighted by Gasteiger charge is 2.12. The maximum atomic E-state index is 10.8. The number of rotatable bonds is 6. The fourth-order valence-corrected chi connectivity index (χ4v) is 1.79. The van der Waals surface area contributed by atoms with E-state index >= 15 is 0 Å². The van der Waals surface area contributed by atoms with E-state index in [2.05, 4.69) is 6.58 Å². The van der Waals surface area contributed by atoms with Gasteiger partial charge in [-0.1, -0.05) is 12.2 Å². The predicted octanol–water partition coefficient (Wildman–Crippen LogP) is 2.70. The third-order valence-corrected chi connectivity index (χ3v) is 2.55. The Hall–Kier alpha value is -2.63. The number of likely N-dealkylation sites (N-methyl/N-ethyl adjacent to an activating group) is 1. The average Bonchev–Trinajstić information content (AvgIpc) is 2.34. The SMILES string of the molecule is C=C(C)CN(C)c1ccc([N+](=O)[O-])cc1/C=C/C(=O)O. The van der Waals surface area contributed by atoms with Crippen LogP contribution >= 0.6 is 0 Å². The van der Waals surface area contributed by atoms with Gasteiger partial charge >= 0.3 is 5.97 Å². The van der Waals surface area contributed by atoms with E-state index in [9.17, 15) is 14.9 Å². The monoisotopic (exact) mass is 276 g/mol. The van der Waals surface area contributed by atoms with Crippen LogP contribution in [-0.4, -0.2) is 29.6 Å². The molecule has 1 N–H and O–H groups in total. The highest BCUT2D eigenvalue weighted by atomic mass is 16.6. The standard InChI is InChI=1S/C14H16N2O4/c1-10(2)9-15(3)13-6-5-12(16(19)20)8-11(13)4-7-14(17)18/h4-8H,1,9H2,2-3H3,(H,17,18)/b7-4+. The van der Waals surface area contributed by atoms with Crippen LogP contribution < -0.4 is 4.90 Å². The summed E-state index contributed by atoms with van der Waals surface area (Å²) in [6, 6.07) is 4.34. The number of anilines is 1. The number of aliphatic carboxylic acids is 1. The molecule has 0 radical (unpaired) electrons. The lowest BCUT2D eigenvalue weighted by molar-refractivity contribution is -0.384. The van der Waals surface area contributed by atoms with Gasteiger partial charge in [-0.15, -0.1) is 0 Å². The Morgan fingerprint density at radius 1 is 1.55 bits per heavy atom. The number of benzene rings is 1. The summed E-state index contributed by atoms with van der Waals surface area (Å²) >= 11 is 0. The van der Waals surface area contributed by atoms with Crippen molar-refractivity contribution in [3.05, 3.63) is 52.1 Å². The summed E-state index contributed by atoms with van der Waals surface area (Å²) in [4.78, 5) is 22.7. The molecule has 1 aromatic carbocycles. The van der Waals surface area contributed by atoms with Gasteiger partial charge in [0.2, 0.25) is 0 Å². The first-order chi connectivity index (χ1) is 9.31. The molecule has 6 nitrogen and oxygen atoms in total. The maximum absolute atomic E-state index is 10.8. The smallest absolute Gasteiger partial charge is 0.328 e. The number of carboxylic acid groups (broad SMARTS) is 1. The molecule has 0 saturated carbocycles. The Bertz CT molecular complexity index is 579. The van der Waals surface area contributed by atoms with Crippen molar-refractivity contribution < 1.29 is 14.8 Å². The van der Waals surface area contributed by atoms with Gasteiger partial charge in [-0.2, -0.15) is 0 Å². The topological polar surface area (TPSA) is 83.7 Å². The van der Waals surface area contributed by atoms with Crippen LogP contribution in [0.5, 0.6) is 0 Å². The van der Waals surface area contributed by atoms with Crippen molar-refractivity contribution in [2.45, 2.75) is 6.92 Å². The second-order valence-electron chi connectivity index (χ2n) is 4.48. The zero-order chi connectivity index (χ0) is 15.3. The second-order valence-corrected chi connectivity index (χ2v) is 4.48. The van der Waals surface area contributed by atoms with E-state index in [1.165, 1.54) is 18.2 Å². The van der Waals surface area contributed by atoms with E-state index in [1.807, 2.05) is 18.9 Å². The molecule has 0 heterocycles. The molecule has 0 saturated heterocycles. The van der Waals surface area contributed by atoms with Crippen LogP contribution in [0.4, 0.5) is 11.4 Å². The zero-order valence-corrected chi connectivity index (χ0v) is 11.4. The Morgan fingerprint density at radius 3 is 2.70 bits per heavy atom. The van der Waals surface area contributed by atoms with Crippen LogP contribution in [0.1, 0.15) is 12.5 Å². The van der Waals surface area contributed by atoms with Crippen molar-refractivity contribution in [3.8, 4) is 0 Å². The van der Waals surface area contributed by atoms with E-state index in [4.69, 9.17) is 5.11 Å². The molecule has 0 bridgehead atoms. The first-order valence-electron chi connectivity index (χ1n) is 5.86. The number of carbonyl (C=O) groups is 1. The van der Waals surface area contributed by atoms with E-state index in [0.717, 1.165) is 11.6 Å². The molecule has 0 spiro atoms. The number of non-ortho nitro benzene ring substituents is 1. The van der Waals surface area contributed by atoms with Crippen LogP contribution in [0.25, 0.3) is 6.08 Å². The Labute approximate surface area is 116 Å². The molecule has 0 atom stereocenters. The van der Waals surface area contributed by atoms with Gasteiger partial charge in [0.15, 0.2) is 0 Å². The first kappa shape index (κ1) is 15.4. The lowest BCUT2D eigenvalue weighted by Gasteiger charge is -2.21. The van der Waals surface area contributed by atoms with Crippen molar-refractivity contribution >= 4 is 23.4 Å². The van der Waals surface area contributed by atoms with Gasteiger partial charge in [0.05, 0.1) is 4.92 Å². The van der Waals surface area contributed by atoms with Crippen LogP contribution in [0.3, 0.4) is 0 Å². The van der Waals surface area contributed by atoms with Crippen molar-refractivity contribution in [3.63, 3.8) is 0 Å². The van der Waals surface area contributed by atoms with Gasteiger partial charge in [-0.05, 0) is 19.1 Å². The summed E-state index contributed by atoms with van der Waals surface area (Å²) in [7, 11) is 1.81. The van der Waals surface area contributed by atoms with Crippen LogP contribution in [0.15, 0.2) is 36.4 Å². The molecule has 0 aliphatic carbocycles. The summed E-state index contributed by atoms with van der Waals surface area (Å²) in [5.41, 5.74) is 2.03. The molecule has 1 aromatic rings. The Kier molecular flexibility index (Phi) is 5.02. The molecular weight excluding hydrogens is 260 g/mol. The predicted molar refractivity (Wildman–Crippen MR) is 77.9 cm³/mol. The van der Waals surface area contributed by atoms with Crippen molar-refractivity contribution in [2.24, 2.45) is 0 Å². The molecule has 0 aliphatic heterocycles. The maximum Gasteiger partial charge on any atom is 0.328 e. The lowest BCUT2D eigenvalue weighted by Crippen LogP contribution is -2.20. The van der Waals surface area contributed by atoms with Gasteiger partial charge in [0.25, 0.3) is 5.69 Å². The van der Waals surface area contributed by atoms with Gasteiger partial charge in [-0.3, -0.25) is 10.1 Å². The number of nitrogens with zero attached hydrogens (tertiary/aromatic N) is 2. The summed E-state index contributed by atoms with van der Waals surface area (Å²) in [6.45, 7) is 6.25. The molecule has 0 amide bonds. The third-order valence-electron chi connectivity index (χ3n) is 2.55. The van der Waals surface area contributed by atoms with E-state index in [1.54, 1.807) is 6.07 Å². The summed E-state index contributed by atoms with van der Waals surface area (Å²) < 4.78 is 0. The minimum Gasteiger partial charge on any atom is -0.478 e. The first-order valence-corrected chi connectivity index (χ1v) is 5.86. The molecule has 0 fully saturated rings. The van der Waals surface area contributed by atoms with Crippen molar-refractivity contribution in [1.29, 1.82) is 0 Å². The minimum atomic E-state index is -1.11. The summed E-state index contributed by atoms with van der Waals surface area (Å²) in [5, 5.41) is 19.5. The van der Waals surface area contributed by atoms with E-state index < -0.39 is 10.9 Å². The highest BCUT2D eigenvalue weighted by molar-refractivity contribution is 5.87. The van der Waals surface area contributed by atoms with Gasteiger partial charge in [0, 0.05) is 43.1 Å². The number of hydrogen-bond donors (Lipinski definition) is 1. The average molecular weight is 276 g/mol. The number of nitro benzene ring substituents is 1. The molecule has 0 aliphatic rings. The molecule has 6 heteroatoms. The fourth-order valence-electron chi connectivity index (χ4n) is 1.79. The Balaban J connectivity index is 3.24. The van der Waals surface area contributed by atoms with Crippen LogP contribution in [0, 0.1) is 10.1 Å². The number of nitro groups is 1. The summed E-state index contributed by atoms with van der Waals surface area (Å²) in [5.74, 6) is -1.11. The molecule has 20 heavy (non-hydrogen) atoms. The van der Waals surface area contributed by atoms with Gasteiger partial charge in [0.1, 0.15) is 0 Å². The molecule has 1 rings (SSSR count). The van der Waals surface area contributed by atoms with E-state index in [-0.39, 0.29) is 5.69 Å². The molecule has 106 valence electrons. The Morgan fingerprint density at radius 2 is 2.20 bits per heavy atom. The summed E-state index contributed by atoms with van der Waals surface area (Å²) in [6.07, 6.45) is 2.30. The zero-order valence-electron chi connectivity index (χ0n) is 11.4. The van der Waals surface area contributed by atoms with Gasteiger partial charge in [-0.25, -0.2) is 4.79 Å². The van der Waals surface area contributed by atoms with Crippen molar-refractivity contribution in [1.82, 2.24) is 0 Å². The normalized spacial score (nSPS) is 10.5. The van der Waals surface area contributed by atoms with Gasteiger partial charge < -0.3 is 10.0 Å². The quantitative estimate of drug-likeness (QED) is 0.374. The highest BCUT2D eigenvalue weighted by Crippen LogP contribution is 2.26. The van der Waals surface area contributed by atoms with E-state index in [0.29, 0.717) is 17.8 Å². The third kappa shape index (κ3) is 4.24.